The number of amides is 1. The van der Waals surface area contributed by atoms with Crippen LogP contribution in [0, 0.1) is 5.41 Å². The minimum absolute atomic E-state index is 0.371. The number of hydrogen-bond acceptors (Lipinski definition) is 8. The molecule has 0 aliphatic rings. The van der Waals surface area contributed by atoms with Crippen LogP contribution in [0.5, 0.6) is 5.75 Å². The minimum atomic E-state index is -5.20. The molecule has 1 aromatic carbocycles. The third-order valence-electron chi connectivity index (χ3n) is 3.26. The van der Waals surface area contributed by atoms with Gasteiger partial charge in [0, 0.05) is 6.07 Å². The van der Waals surface area contributed by atoms with Gasteiger partial charge >= 0.3 is 12.3 Å². The van der Waals surface area contributed by atoms with Crippen LogP contribution in [0.4, 0.5) is 29.5 Å². The molecule has 0 aliphatic heterocycles. The zero-order valence-electron chi connectivity index (χ0n) is 15.0. The van der Waals surface area contributed by atoms with Gasteiger partial charge in [0.15, 0.2) is 17.4 Å². The van der Waals surface area contributed by atoms with Crippen molar-refractivity contribution in [3.63, 3.8) is 0 Å². The summed E-state index contributed by atoms with van der Waals surface area (Å²) in [6, 6.07) is 2.60. The third-order valence-corrected chi connectivity index (χ3v) is 4.96. The smallest absolute Gasteiger partial charge is 0.476 e. The molecule has 1 amide bonds. The van der Waals surface area contributed by atoms with Crippen LogP contribution in [0.3, 0.4) is 0 Å². The van der Waals surface area contributed by atoms with Crippen molar-refractivity contribution in [2.24, 2.45) is 5.73 Å². The van der Waals surface area contributed by atoms with Crippen LogP contribution in [0.1, 0.15) is 10.5 Å². The van der Waals surface area contributed by atoms with E-state index in [2.05, 4.69) is 20.4 Å². The zero-order chi connectivity index (χ0) is 23.3. The Morgan fingerprint density at radius 2 is 2.03 bits per heavy atom. The number of hydrogen-bond donors (Lipinski definition) is 6. The number of thiazole rings is 1. The van der Waals surface area contributed by atoms with Gasteiger partial charge in [0.1, 0.15) is 5.00 Å². The molecule has 0 saturated carbocycles. The summed E-state index contributed by atoms with van der Waals surface area (Å²) in [7, 11) is -3.55. The van der Waals surface area contributed by atoms with Gasteiger partial charge in [0.05, 0.1) is 23.4 Å². The number of carboxylic acid groups (broad SMARTS) is 1. The Hall–Kier alpha value is -3.60. The van der Waals surface area contributed by atoms with E-state index >= 15 is 0 Å². The zero-order valence-corrected chi connectivity index (χ0v) is 16.7. The van der Waals surface area contributed by atoms with Crippen LogP contribution >= 0.6 is 11.3 Å². The van der Waals surface area contributed by atoms with E-state index in [1.165, 1.54) is 0 Å². The van der Waals surface area contributed by atoms with E-state index in [0.717, 1.165) is 17.6 Å². The predicted molar refractivity (Wildman–Crippen MR) is 103 cm³/mol. The molecule has 0 saturated heterocycles. The van der Waals surface area contributed by atoms with E-state index in [-0.39, 0.29) is 5.00 Å². The van der Waals surface area contributed by atoms with Crippen molar-refractivity contribution in [2.45, 2.75) is 6.36 Å². The average molecular weight is 482 g/mol. The molecule has 31 heavy (non-hydrogen) atoms. The van der Waals surface area contributed by atoms with Crippen molar-refractivity contribution in [3.05, 3.63) is 29.4 Å². The number of nitrogens with two attached hydrogens (primary N) is 1. The first kappa shape index (κ1) is 23.7. The summed E-state index contributed by atoms with van der Waals surface area (Å²) in [4.78, 5) is 26.6. The Labute approximate surface area is 177 Å². The molecule has 0 unspecified atom stereocenters. The van der Waals surface area contributed by atoms with Crippen molar-refractivity contribution < 1.29 is 41.0 Å². The van der Waals surface area contributed by atoms with Gasteiger partial charge in [-0.1, -0.05) is 0 Å². The number of alkyl halides is 3. The molecule has 2 rings (SSSR count). The average Bonchev–Trinajstić information content (AvgIpc) is 3.10. The van der Waals surface area contributed by atoms with E-state index in [4.69, 9.17) is 16.2 Å². The highest BCUT2D eigenvalue weighted by Crippen LogP contribution is 2.38. The maximum Gasteiger partial charge on any atom is 0.573 e. The maximum absolute atomic E-state index is 12.8. The van der Waals surface area contributed by atoms with Crippen molar-refractivity contribution in [2.75, 3.05) is 16.2 Å². The van der Waals surface area contributed by atoms with Gasteiger partial charge < -0.3 is 26.2 Å². The second-order valence-electron chi connectivity index (χ2n) is 5.40. The van der Waals surface area contributed by atoms with Crippen LogP contribution < -0.4 is 25.4 Å². The molecule has 0 bridgehead atoms. The molecule has 0 atom stereocenters. The molecule has 17 heteroatoms. The molecular weight excluding hydrogens is 469 g/mol. The summed E-state index contributed by atoms with van der Waals surface area (Å²) in [5.74, 6) is -3.94. The lowest BCUT2D eigenvalue weighted by Crippen LogP contribution is -2.37. The molecule has 1 heterocycles. The van der Waals surface area contributed by atoms with Gasteiger partial charge in [0.2, 0.25) is 16.8 Å². The Morgan fingerprint density at radius 3 is 2.58 bits per heavy atom. The number of anilines is 3. The number of aromatic carboxylic acids is 1. The molecular formula is C14H13F3N6O6S2. The quantitative estimate of drug-likeness (QED) is 0.180. The molecule has 0 fully saturated rings. The van der Waals surface area contributed by atoms with Gasteiger partial charge in [0.25, 0.3) is 0 Å². The van der Waals surface area contributed by atoms with Gasteiger partial charge in [-0.15, -0.1) is 24.5 Å². The van der Waals surface area contributed by atoms with Crippen LogP contribution in [0.15, 0.2) is 23.7 Å². The number of carboxylic acids is 1. The van der Waals surface area contributed by atoms with Crippen molar-refractivity contribution in [3.8, 4) is 5.75 Å². The second-order valence-corrected chi connectivity index (χ2v) is 7.11. The van der Waals surface area contributed by atoms with Gasteiger partial charge in [-0.2, -0.15) is 0 Å². The molecule has 6 N–H and O–H groups in total. The molecule has 0 aliphatic carbocycles. The largest absolute Gasteiger partial charge is 0.573 e. The molecule has 12 nitrogen and oxygen atoms in total. The monoisotopic (exact) mass is 482 g/mol. The van der Waals surface area contributed by atoms with Gasteiger partial charge in [-0.3, -0.25) is 10.2 Å². The predicted octanol–water partition coefficient (Wildman–Crippen LogP) is 0.826. The third kappa shape index (κ3) is 6.44. The lowest BCUT2D eigenvalue weighted by Gasteiger charge is -2.20. The number of thiol groups is 1. The number of ether oxygens (including phenoxy) is 1. The first-order valence-electron chi connectivity index (χ1n) is 7.77. The standard InChI is InChI=1S/C14H13F3N6O6S2/c15-14(16,17)29-8-3-6(1-2-7(8)22-9(24)4-20-13(18)19)23(31(27)28)11-10(12(25)26)21-5-30-11/h1-3,5,31H,4H2,(H,22,24)(H,25,26)(H4,18,19,20). The number of nitrogens with one attached hydrogen (secondary N) is 3. The SMILES string of the molecule is N=C(N)NCC(=O)Nc1ccc(N(c2scnc2C(=O)O)[SH](=O)=O)cc1OC(F)(F)F. The number of benzene rings is 1. The first-order valence-corrected chi connectivity index (χ1v) is 9.78. The Balaban J connectivity index is 2.49. The Bertz CT molecular complexity index is 1080. The van der Waals surface area contributed by atoms with Crippen LogP contribution in [-0.2, 0) is 15.7 Å². The summed E-state index contributed by atoms with van der Waals surface area (Å²) in [6.07, 6.45) is -5.20. The van der Waals surface area contributed by atoms with E-state index < -0.39 is 64.5 Å². The molecule has 0 spiro atoms. The maximum atomic E-state index is 12.8. The number of carbonyl (C=O) groups excluding carboxylic acids is 1. The van der Waals surface area contributed by atoms with E-state index in [1.54, 1.807) is 0 Å². The first-order chi connectivity index (χ1) is 14.4. The van der Waals surface area contributed by atoms with E-state index in [0.29, 0.717) is 21.7 Å². The lowest BCUT2D eigenvalue weighted by atomic mass is 10.2. The number of guanidine groups is 1. The summed E-state index contributed by atoms with van der Waals surface area (Å²) >= 11 is 0.629. The number of carbonyl (C=O) groups is 2. The van der Waals surface area contributed by atoms with Gasteiger partial charge in [-0.05, 0) is 12.1 Å². The van der Waals surface area contributed by atoms with Gasteiger partial charge in [-0.25, -0.2) is 22.5 Å². The molecule has 1 aromatic heterocycles. The highest BCUT2D eigenvalue weighted by molar-refractivity contribution is 7.74. The molecule has 168 valence electrons. The highest BCUT2D eigenvalue weighted by atomic mass is 32.2. The highest BCUT2D eigenvalue weighted by Gasteiger charge is 2.33. The second kappa shape index (κ2) is 9.47. The molecule has 2 aromatic rings. The summed E-state index contributed by atoms with van der Waals surface area (Å²) in [5, 5.41) is 20.0. The fourth-order valence-corrected chi connectivity index (χ4v) is 3.76. The summed E-state index contributed by atoms with van der Waals surface area (Å²) in [6.45, 7) is -0.538. The number of rotatable bonds is 8. The molecule has 0 radical (unpaired) electrons. The van der Waals surface area contributed by atoms with Crippen LogP contribution in [-0.4, -0.2) is 49.3 Å². The van der Waals surface area contributed by atoms with Crippen LogP contribution in [0.2, 0.25) is 0 Å². The fraction of sp³-hybridized carbons (Fsp3) is 0.143. The fourth-order valence-electron chi connectivity index (χ4n) is 2.15. The Kier molecular flexibility index (Phi) is 7.24. The number of halogens is 3. The Morgan fingerprint density at radius 1 is 1.35 bits per heavy atom. The lowest BCUT2D eigenvalue weighted by molar-refractivity contribution is -0.274. The topological polar surface area (TPSA) is 188 Å². The number of nitrogens with zero attached hydrogens (tertiary/aromatic N) is 2. The van der Waals surface area contributed by atoms with Crippen LogP contribution in [0.25, 0.3) is 0 Å². The van der Waals surface area contributed by atoms with Crippen molar-refractivity contribution in [1.29, 1.82) is 5.41 Å². The summed E-state index contributed by atoms with van der Waals surface area (Å²) < 4.78 is 66.3. The van der Waals surface area contributed by atoms with Crippen molar-refractivity contribution in [1.82, 2.24) is 10.3 Å². The van der Waals surface area contributed by atoms with E-state index in [9.17, 15) is 31.2 Å². The summed E-state index contributed by atoms with van der Waals surface area (Å²) in [5.41, 5.74) is 4.57. The minimum Gasteiger partial charge on any atom is -0.476 e. The van der Waals surface area contributed by atoms with Crippen molar-refractivity contribution >= 4 is 56.4 Å². The number of aromatic nitrogens is 1. The normalized spacial score (nSPS) is 11.1. The van der Waals surface area contributed by atoms with E-state index in [1.807, 2.05) is 0 Å².